The summed E-state index contributed by atoms with van der Waals surface area (Å²) in [5, 5.41) is 8.46. The van der Waals surface area contributed by atoms with Gasteiger partial charge < -0.3 is 5.11 Å². The summed E-state index contributed by atoms with van der Waals surface area (Å²) in [6.07, 6.45) is 8.17. The first-order valence-electron chi connectivity index (χ1n) is 5.37. The number of likely N-dealkylation sites (N-methyl/N-ethyl adjacent to an activating group) is 1. The molecule has 1 fully saturated rings. The molecule has 0 spiro atoms. The van der Waals surface area contributed by atoms with E-state index < -0.39 is 5.97 Å². The van der Waals surface area contributed by atoms with Crippen LogP contribution in [0.15, 0.2) is 12.2 Å². The number of hydrogen-bond donors (Lipinski definition) is 1. The molecular weight excluding hydrogens is 178 g/mol. The summed E-state index contributed by atoms with van der Waals surface area (Å²) in [6.45, 7) is 3.91. The lowest BCUT2D eigenvalue weighted by Gasteiger charge is -2.25. The first-order chi connectivity index (χ1) is 6.74. The molecule has 1 rings (SSSR count). The van der Waals surface area contributed by atoms with Gasteiger partial charge in [0.15, 0.2) is 0 Å². The Morgan fingerprint density at radius 3 is 2.64 bits per heavy atom. The minimum Gasteiger partial charge on any atom is -0.478 e. The van der Waals surface area contributed by atoms with Crippen molar-refractivity contribution in [3.63, 3.8) is 0 Å². The quantitative estimate of drug-likeness (QED) is 0.684. The topological polar surface area (TPSA) is 40.5 Å². The Balaban J connectivity index is 2.34. The van der Waals surface area contributed by atoms with E-state index in [2.05, 4.69) is 11.8 Å². The van der Waals surface area contributed by atoms with Gasteiger partial charge in [0.2, 0.25) is 0 Å². The SMILES string of the molecule is CCN(CC=CC(=O)O)C1CCCC1. The third kappa shape index (κ3) is 3.50. The lowest BCUT2D eigenvalue weighted by molar-refractivity contribution is -0.131. The number of rotatable bonds is 5. The van der Waals surface area contributed by atoms with Gasteiger partial charge >= 0.3 is 5.97 Å². The van der Waals surface area contributed by atoms with Gasteiger partial charge in [0.1, 0.15) is 0 Å². The molecule has 0 aromatic rings. The van der Waals surface area contributed by atoms with Crippen molar-refractivity contribution in [1.82, 2.24) is 4.90 Å². The minimum absolute atomic E-state index is 0.679. The van der Waals surface area contributed by atoms with E-state index in [1.807, 2.05) is 0 Å². The Morgan fingerprint density at radius 1 is 1.50 bits per heavy atom. The Bertz CT molecular complexity index is 207. The maximum absolute atomic E-state index is 10.3. The maximum atomic E-state index is 10.3. The lowest BCUT2D eigenvalue weighted by atomic mass is 10.2. The molecular formula is C11H19NO2. The van der Waals surface area contributed by atoms with E-state index in [1.165, 1.54) is 31.8 Å². The van der Waals surface area contributed by atoms with Crippen LogP contribution >= 0.6 is 0 Å². The summed E-state index contributed by atoms with van der Waals surface area (Å²) in [4.78, 5) is 12.6. The minimum atomic E-state index is -0.854. The van der Waals surface area contributed by atoms with Crippen LogP contribution in [-0.2, 0) is 4.79 Å². The molecule has 0 aliphatic heterocycles. The predicted molar refractivity (Wildman–Crippen MR) is 56.3 cm³/mol. The van der Waals surface area contributed by atoms with Crippen molar-refractivity contribution in [2.24, 2.45) is 0 Å². The van der Waals surface area contributed by atoms with E-state index in [9.17, 15) is 4.79 Å². The summed E-state index contributed by atoms with van der Waals surface area (Å²) in [6, 6.07) is 0.679. The molecule has 3 heteroatoms. The van der Waals surface area contributed by atoms with Gasteiger partial charge in [-0.1, -0.05) is 25.8 Å². The molecule has 0 bridgehead atoms. The third-order valence-corrected chi connectivity index (χ3v) is 2.85. The fraction of sp³-hybridized carbons (Fsp3) is 0.727. The van der Waals surface area contributed by atoms with Gasteiger partial charge in [0.25, 0.3) is 0 Å². The molecule has 1 aliphatic carbocycles. The van der Waals surface area contributed by atoms with Crippen molar-refractivity contribution in [3.8, 4) is 0 Å². The molecule has 3 nitrogen and oxygen atoms in total. The number of carboxylic acid groups (broad SMARTS) is 1. The summed E-state index contributed by atoms with van der Waals surface area (Å²) in [5.41, 5.74) is 0. The standard InChI is InChI=1S/C11H19NO2/c1-2-12(9-5-8-11(13)14)10-6-3-4-7-10/h5,8,10H,2-4,6-7,9H2,1H3,(H,13,14). The molecule has 1 N–H and O–H groups in total. The fourth-order valence-electron chi connectivity index (χ4n) is 2.09. The van der Waals surface area contributed by atoms with Crippen molar-refractivity contribution < 1.29 is 9.90 Å². The number of nitrogens with zero attached hydrogens (tertiary/aromatic N) is 1. The molecule has 0 unspecified atom stereocenters. The molecule has 0 aromatic heterocycles. The van der Waals surface area contributed by atoms with Crippen molar-refractivity contribution >= 4 is 5.97 Å². The maximum Gasteiger partial charge on any atom is 0.328 e. The van der Waals surface area contributed by atoms with Crippen LogP contribution in [0.4, 0.5) is 0 Å². The Labute approximate surface area is 85.4 Å². The summed E-state index contributed by atoms with van der Waals surface area (Å²) in [5.74, 6) is -0.854. The van der Waals surface area contributed by atoms with Gasteiger partial charge in [-0.3, -0.25) is 4.90 Å². The Hall–Kier alpha value is -0.830. The highest BCUT2D eigenvalue weighted by atomic mass is 16.4. The lowest BCUT2D eigenvalue weighted by Crippen LogP contribution is -2.33. The van der Waals surface area contributed by atoms with E-state index >= 15 is 0 Å². The van der Waals surface area contributed by atoms with Crippen molar-refractivity contribution in [1.29, 1.82) is 0 Å². The van der Waals surface area contributed by atoms with E-state index in [0.29, 0.717) is 6.04 Å². The van der Waals surface area contributed by atoms with Crippen LogP contribution < -0.4 is 0 Å². The zero-order chi connectivity index (χ0) is 10.4. The van der Waals surface area contributed by atoms with Crippen LogP contribution in [0, 0.1) is 0 Å². The number of hydrogen-bond acceptors (Lipinski definition) is 2. The monoisotopic (exact) mass is 197 g/mol. The summed E-state index contributed by atoms with van der Waals surface area (Å²) in [7, 11) is 0. The second kappa shape index (κ2) is 5.81. The molecule has 1 saturated carbocycles. The Kier molecular flexibility index (Phi) is 4.66. The van der Waals surface area contributed by atoms with Crippen LogP contribution in [0.2, 0.25) is 0 Å². The summed E-state index contributed by atoms with van der Waals surface area (Å²) < 4.78 is 0. The highest BCUT2D eigenvalue weighted by molar-refractivity contribution is 5.79. The first-order valence-corrected chi connectivity index (χ1v) is 5.37. The molecule has 0 radical (unpaired) electrons. The number of carboxylic acids is 1. The smallest absolute Gasteiger partial charge is 0.328 e. The van der Waals surface area contributed by atoms with E-state index in [1.54, 1.807) is 6.08 Å². The van der Waals surface area contributed by atoms with Gasteiger partial charge in [0, 0.05) is 18.7 Å². The molecule has 0 saturated heterocycles. The fourth-order valence-corrected chi connectivity index (χ4v) is 2.09. The molecule has 80 valence electrons. The van der Waals surface area contributed by atoms with Crippen molar-refractivity contribution in [2.75, 3.05) is 13.1 Å². The van der Waals surface area contributed by atoms with E-state index in [0.717, 1.165) is 13.1 Å². The normalized spacial score (nSPS) is 18.4. The van der Waals surface area contributed by atoms with Gasteiger partial charge in [-0.2, -0.15) is 0 Å². The molecule has 1 aliphatic rings. The number of carbonyl (C=O) groups is 1. The second-order valence-corrected chi connectivity index (χ2v) is 3.77. The molecule has 14 heavy (non-hydrogen) atoms. The Morgan fingerprint density at radius 2 is 2.14 bits per heavy atom. The highest BCUT2D eigenvalue weighted by Gasteiger charge is 2.19. The van der Waals surface area contributed by atoms with Crippen LogP contribution in [0.3, 0.4) is 0 Å². The van der Waals surface area contributed by atoms with Gasteiger partial charge in [-0.15, -0.1) is 0 Å². The largest absolute Gasteiger partial charge is 0.478 e. The van der Waals surface area contributed by atoms with Crippen LogP contribution in [0.1, 0.15) is 32.6 Å². The first kappa shape index (κ1) is 11.2. The molecule has 0 atom stereocenters. The predicted octanol–water partition coefficient (Wildman–Crippen LogP) is 1.89. The molecule has 0 aromatic carbocycles. The van der Waals surface area contributed by atoms with E-state index in [4.69, 9.17) is 5.11 Å². The number of aliphatic carboxylic acids is 1. The average Bonchev–Trinajstić information content (AvgIpc) is 2.64. The van der Waals surface area contributed by atoms with Crippen molar-refractivity contribution in [3.05, 3.63) is 12.2 Å². The van der Waals surface area contributed by atoms with Crippen LogP contribution in [0.25, 0.3) is 0 Å². The zero-order valence-electron chi connectivity index (χ0n) is 8.78. The van der Waals surface area contributed by atoms with Crippen LogP contribution in [0.5, 0.6) is 0 Å². The average molecular weight is 197 g/mol. The van der Waals surface area contributed by atoms with Crippen LogP contribution in [-0.4, -0.2) is 35.1 Å². The van der Waals surface area contributed by atoms with Crippen molar-refractivity contribution in [2.45, 2.75) is 38.6 Å². The highest BCUT2D eigenvalue weighted by Crippen LogP contribution is 2.22. The second-order valence-electron chi connectivity index (χ2n) is 3.77. The zero-order valence-corrected chi connectivity index (χ0v) is 8.78. The molecule has 0 amide bonds. The van der Waals surface area contributed by atoms with E-state index in [-0.39, 0.29) is 0 Å². The molecule has 0 heterocycles. The van der Waals surface area contributed by atoms with Gasteiger partial charge in [0.05, 0.1) is 0 Å². The van der Waals surface area contributed by atoms with Gasteiger partial charge in [-0.05, 0) is 19.4 Å². The van der Waals surface area contributed by atoms with Gasteiger partial charge in [-0.25, -0.2) is 4.79 Å². The third-order valence-electron chi connectivity index (χ3n) is 2.85. The summed E-state index contributed by atoms with van der Waals surface area (Å²) >= 11 is 0.